The minimum atomic E-state index is -0.186. The summed E-state index contributed by atoms with van der Waals surface area (Å²) >= 11 is 0. The first kappa shape index (κ1) is 21.4. The van der Waals surface area contributed by atoms with E-state index in [-0.39, 0.29) is 5.91 Å². The quantitative estimate of drug-likeness (QED) is 0.291. The number of H-pyrrole nitrogens is 1. The lowest BCUT2D eigenvalue weighted by Crippen LogP contribution is -2.36. The number of rotatable bonds is 5. The molecule has 1 amide bonds. The van der Waals surface area contributed by atoms with E-state index in [9.17, 15) is 4.79 Å². The summed E-state index contributed by atoms with van der Waals surface area (Å²) in [4.78, 5) is 20.9. The normalized spacial score (nSPS) is 11.5. The molecule has 0 atom stereocenters. The molecule has 0 aliphatic heterocycles. The summed E-state index contributed by atoms with van der Waals surface area (Å²) in [6.07, 6.45) is 2.80. The molecule has 0 bridgehead atoms. The maximum Gasteiger partial charge on any atom is 0.257 e. The second-order valence-electron chi connectivity index (χ2n) is 8.10. The summed E-state index contributed by atoms with van der Waals surface area (Å²) < 4.78 is 0. The van der Waals surface area contributed by atoms with Gasteiger partial charge in [-0.25, -0.2) is 0 Å². The summed E-state index contributed by atoms with van der Waals surface area (Å²) in [5.74, 6) is 0.262. The molecule has 0 fully saturated rings. The third-order valence-electron chi connectivity index (χ3n) is 5.52. The Hall–Kier alpha value is -3.86. The van der Waals surface area contributed by atoms with Crippen molar-refractivity contribution >= 4 is 28.5 Å². The lowest BCUT2D eigenvalue weighted by atomic mass is 10.1. The fourth-order valence-electron chi connectivity index (χ4n) is 3.62. The van der Waals surface area contributed by atoms with Crippen LogP contribution in [0, 0.1) is 20.8 Å². The van der Waals surface area contributed by atoms with Crippen molar-refractivity contribution in [3.05, 3.63) is 101 Å². The van der Waals surface area contributed by atoms with Crippen LogP contribution in [0.3, 0.4) is 0 Å². The number of aromatic amines is 1. The molecule has 0 unspecified atom stereocenters. The predicted octanol–water partition coefficient (Wildman–Crippen LogP) is 5.53. The van der Waals surface area contributed by atoms with Gasteiger partial charge < -0.3 is 10.3 Å². The molecule has 4 aromatic rings. The van der Waals surface area contributed by atoms with Gasteiger partial charge in [-0.2, -0.15) is 0 Å². The van der Waals surface area contributed by atoms with Crippen molar-refractivity contribution in [1.29, 1.82) is 0 Å². The van der Waals surface area contributed by atoms with E-state index < -0.39 is 0 Å². The van der Waals surface area contributed by atoms with Crippen molar-refractivity contribution in [2.75, 3.05) is 11.9 Å². The van der Waals surface area contributed by atoms with Gasteiger partial charge in [0, 0.05) is 34.9 Å². The highest BCUT2D eigenvalue weighted by Gasteiger charge is 2.11. The van der Waals surface area contributed by atoms with E-state index >= 15 is 0 Å². The van der Waals surface area contributed by atoms with Crippen LogP contribution in [0.5, 0.6) is 0 Å². The second-order valence-corrected chi connectivity index (χ2v) is 8.10. The third kappa shape index (κ3) is 5.06. The molecule has 1 heterocycles. The zero-order chi connectivity index (χ0) is 22.5. The van der Waals surface area contributed by atoms with Crippen molar-refractivity contribution in [3.63, 3.8) is 0 Å². The summed E-state index contributed by atoms with van der Waals surface area (Å²) in [6.45, 7) is 6.63. The molecule has 5 heteroatoms. The number of carbonyl (C=O) groups is 1. The molecule has 1 aromatic heterocycles. The lowest BCUT2D eigenvalue weighted by Gasteiger charge is -2.14. The number of amides is 1. The number of aliphatic imine (C=N–C) groups is 1. The van der Waals surface area contributed by atoms with E-state index in [0.29, 0.717) is 18.1 Å². The maximum absolute atomic E-state index is 12.8. The number of aromatic nitrogens is 1. The van der Waals surface area contributed by atoms with E-state index in [2.05, 4.69) is 45.9 Å². The summed E-state index contributed by atoms with van der Waals surface area (Å²) in [5, 5.41) is 7.49. The standard InChI is InChI=1S/C27H28N4O/c1-18-9-12-21(13-10-18)26(32)31-27(30-25-16-19(2)8-11-20(25)3)28-15-14-22-17-29-24-7-5-4-6-23(22)24/h4-13,16-17,29H,14-15H2,1-3H3,(H2,28,30,31,32). The molecule has 3 N–H and O–H groups in total. The van der Waals surface area contributed by atoms with Crippen molar-refractivity contribution in [2.45, 2.75) is 27.2 Å². The first-order valence-corrected chi connectivity index (χ1v) is 10.8. The molecule has 0 aliphatic carbocycles. The molecule has 0 radical (unpaired) electrons. The number of fused-ring (bicyclic) bond motifs is 1. The van der Waals surface area contributed by atoms with Crippen molar-refractivity contribution < 1.29 is 4.79 Å². The van der Waals surface area contributed by atoms with Gasteiger partial charge in [-0.3, -0.25) is 15.1 Å². The first-order valence-electron chi connectivity index (χ1n) is 10.8. The number of aryl methyl sites for hydroxylation is 3. The van der Waals surface area contributed by atoms with Crippen LogP contribution in [0.1, 0.15) is 32.6 Å². The number of benzene rings is 3. The van der Waals surface area contributed by atoms with Crippen LogP contribution in [0.4, 0.5) is 5.69 Å². The van der Waals surface area contributed by atoms with E-state index in [1.807, 2.05) is 63.4 Å². The Kier molecular flexibility index (Phi) is 6.36. The smallest absolute Gasteiger partial charge is 0.257 e. The number of anilines is 1. The lowest BCUT2D eigenvalue weighted by molar-refractivity contribution is 0.0977. The molecule has 0 spiro atoms. The molecular formula is C27H28N4O. The van der Waals surface area contributed by atoms with Gasteiger partial charge >= 0.3 is 0 Å². The number of nitrogens with zero attached hydrogens (tertiary/aromatic N) is 1. The Balaban J connectivity index is 1.54. The average molecular weight is 425 g/mol. The van der Waals surface area contributed by atoms with Gasteiger partial charge in [0.25, 0.3) is 5.91 Å². The molecule has 4 rings (SSSR count). The minimum Gasteiger partial charge on any atom is -0.361 e. The number of hydrogen-bond donors (Lipinski definition) is 3. The molecule has 3 aromatic carbocycles. The molecule has 162 valence electrons. The van der Waals surface area contributed by atoms with Crippen LogP contribution in [0.15, 0.2) is 77.9 Å². The van der Waals surface area contributed by atoms with E-state index in [4.69, 9.17) is 4.99 Å². The largest absolute Gasteiger partial charge is 0.361 e. The van der Waals surface area contributed by atoms with Gasteiger partial charge in [0.15, 0.2) is 0 Å². The van der Waals surface area contributed by atoms with Gasteiger partial charge in [-0.05, 0) is 68.1 Å². The molecule has 0 aliphatic rings. The molecule has 32 heavy (non-hydrogen) atoms. The van der Waals surface area contributed by atoms with Crippen LogP contribution < -0.4 is 10.6 Å². The minimum absolute atomic E-state index is 0.186. The fourth-order valence-corrected chi connectivity index (χ4v) is 3.62. The zero-order valence-corrected chi connectivity index (χ0v) is 18.7. The van der Waals surface area contributed by atoms with E-state index in [1.54, 1.807) is 0 Å². The van der Waals surface area contributed by atoms with Gasteiger partial charge in [0.1, 0.15) is 0 Å². The van der Waals surface area contributed by atoms with Gasteiger partial charge in [0.05, 0.1) is 0 Å². The van der Waals surface area contributed by atoms with E-state index in [0.717, 1.165) is 34.3 Å². The topological polar surface area (TPSA) is 69.3 Å². The number of guanidine groups is 1. The van der Waals surface area contributed by atoms with Crippen LogP contribution in [-0.2, 0) is 6.42 Å². The van der Waals surface area contributed by atoms with Gasteiger partial charge in [-0.15, -0.1) is 0 Å². The van der Waals surface area contributed by atoms with E-state index in [1.165, 1.54) is 10.9 Å². The predicted molar refractivity (Wildman–Crippen MR) is 132 cm³/mol. The number of carbonyl (C=O) groups excluding carboxylic acids is 1. The van der Waals surface area contributed by atoms with Crippen LogP contribution >= 0.6 is 0 Å². The fraction of sp³-hybridized carbons (Fsp3) is 0.185. The Morgan fingerprint density at radius 3 is 2.50 bits per heavy atom. The van der Waals surface area contributed by atoms with Crippen molar-refractivity contribution in [3.8, 4) is 0 Å². The summed E-state index contributed by atoms with van der Waals surface area (Å²) in [7, 11) is 0. The first-order chi connectivity index (χ1) is 15.5. The Morgan fingerprint density at radius 2 is 1.69 bits per heavy atom. The average Bonchev–Trinajstić information content (AvgIpc) is 3.20. The monoisotopic (exact) mass is 424 g/mol. The highest BCUT2D eigenvalue weighted by molar-refractivity contribution is 6.10. The van der Waals surface area contributed by atoms with Gasteiger partial charge in [0.2, 0.25) is 5.96 Å². The number of nitrogens with one attached hydrogen (secondary N) is 3. The molecule has 5 nitrogen and oxygen atoms in total. The SMILES string of the molecule is Cc1ccc(C(=O)NC(=NCCc2c[nH]c3ccccc23)Nc2cc(C)ccc2C)cc1. The third-order valence-corrected chi connectivity index (χ3v) is 5.52. The van der Waals surface area contributed by atoms with Crippen LogP contribution in [0.2, 0.25) is 0 Å². The molecule has 0 saturated carbocycles. The zero-order valence-electron chi connectivity index (χ0n) is 18.7. The molecular weight excluding hydrogens is 396 g/mol. The van der Waals surface area contributed by atoms with Crippen molar-refractivity contribution in [2.24, 2.45) is 4.99 Å². The highest BCUT2D eigenvalue weighted by atomic mass is 16.1. The van der Waals surface area contributed by atoms with Crippen LogP contribution in [0.25, 0.3) is 10.9 Å². The highest BCUT2D eigenvalue weighted by Crippen LogP contribution is 2.19. The van der Waals surface area contributed by atoms with Crippen molar-refractivity contribution in [1.82, 2.24) is 10.3 Å². The van der Waals surface area contributed by atoms with Gasteiger partial charge in [-0.1, -0.05) is 48.0 Å². The molecule has 0 saturated heterocycles. The summed E-state index contributed by atoms with van der Waals surface area (Å²) in [5.41, 5.74) is 7.20. The summed E-state index contributed by atoms with van der Waals surface area (Å²) in [6, 6.07) is 21.9. The Labute approximate surface area is 188 Å². The second kappa shape index (κ2) is 9.52. The Morgan fingerprint density at radius 1 is 0.938 bits per heavy atom. The maximum atomic E-state index is 12.8. The van der Waals surface area contributed by atoms with Crippen LogP contribution in [-0.4, -0.2) is 23.4 Å². The Bertz CT molecular complexity index is 1270. The number of hydrogen-bond acceptors (Lipinski definition) is 2. The number of para-hydroxylation sites is 1.